The van der Waals surface area contributed by atoms with Gasteiger partial charge < -0.3 is 5.11 Å². The minimum Gasteiger partial charge on any atom is -0.393 e. The highest BCUT2D eigenvalue weighted by atomic mass is 16.3. The molecule has 0 spiro atoms. The van der Waals surface area contributed by atoms with Crippen LogP contribution in [0.1, 0.15) is 31.7 Å². The lowest BCUT2D eigenvalue weighted by atomic mass is 9.93. The summed E-state index contributed by atoms with van der Waals surface area (Å²) in [6.45, 7) is 1.96. The van der Waals surface area contributed by atoms with Crippen LogP contribution >= 0.6 is 0 Å². The molecule has 0 aromatic heterocycles. The molecule has 2 rings (SSSR count). The second kappa shape index (κ2) is 6.66. The standard InChI is InChI=1S/C16H21NO3/c1-12(18)14-11-17(16(14)20)15(19)10-6-5-9-13-7-3-2-4-8-13/h2-4,7-8,12,14,18H,5-6,9-11H2,1H3/t12-,14+/m1/s1. The maximum Gasteiger partial charge on any atom is 0.236 e. The Kier molecular flexibility index (Phi) is 4.90. The van der Waals surface area contributed by atoms with Crippen LogP contribution < -0.4 is 0 Å². The number of β-lactam (4-membered cyclic amide) rings is 1. The lowest BCUT2D eigenvalue weighted by Gasteiger charge is -2.38. The Morgan fingerprint density at radius 2 is 2.05 bits per heavy atom. The van der Waals surface area contributed by atoms with E-state index in [0.717, 1.165) is 19.3 Å². The number of aliphatic hydroxyl groups excluding tert-OH is 1. The van der Waals surface area contributed by atoms with Gasteiger partial charge >= 0.3 is 0 Å². The van der Waals surface area contributed by atoms with Gasteiger partial charge in [-0.05, 0) is 31.7 Å². The van der Waals surface area contributed by atoms with Crippen molar-refractivity contribution >= 4 is 11.8 Å². The Morgan fingerprint density at radius 3 is 2.65 bits per heavy atom. The monoisotopic (exact) mass is 275 g/mol. The van der Waals surface area contributed by atoms with E-state index in [-0.39, 0.29) is 17.7 Å². The van der Waals surface area contributed by atoms with E-state index in [2.05, 4.69) is 12.1 Å². The number of nitrogens with zero attached hydrogens (tertiary/aromatic N) is 1. The molecule has 0 radical (unpaired) electrons. The van der Waals surface area contributed by atoms with Gasteiger partial charge in [0.1, 0.15) is 0 Å². The Balaban J connectivity index is 1.65. The summed E-state index contributed by atoms with van der Waals surface area (Å²) >= 11 is 0. The Hall–Kier alpha value is -1.68. The summed E-state index contributed by atoms with van der Waals surface area (Å²) < 4.78 is 0. The van der Waals surface area contributed by atoms with E-state index in [1.807, 2.05) is 18.2 Å². The predicted octanol–water partition coefficient (Wildman–Crippen LogP) is 1.77. The Labute approximate surface area is 119 Å². The predicted molar refractivity (Wildman–Crippen MR) is 75.9 cm³/mol. The van der Waals surface area contributed by atoms with Crippen LogP contribution in [0.5, 0.6) is 0 Å². The highest BCUT2D eigenvalue weighted by Gasteiger charge is 2.42. The second-order valence-corrected chi connectivity index (χ2v) is 5.38. The van der Waals surface area contributed by atoms with Crippen molar-refractivity contribution in [2.24, 2.45) is 5.92 Å². The number of aryl methyl sites for hydroxylation is 1. The van der Waals surface area contributed by atoms with Crippen LogP contribution in [-0.2, 0) is 16.0 Å². The van der Waals surface area contributed by atoms with Crippen molar-refractivity contribution in [1.29, 1.82) is 0 Å². The number of carbonyl (C=O) groups is 2. The van der Waals surface area contributed by atoms with Gasteiger partial charge in [0.05, 0.1) is 12.0 Å². The van der Waals surface area contributed by atoms with Crippen LogP contribution in [0.4, 0.5) is 0 Å². The number of amides is 2. The Morgan fingerprint density at radius 1 is 1.35 bits per heavy atom. The molecule has 2 atom stereocenters. The van der Waals surface area contributed by atoms with E-state index < -0.39 is 6.10 Å². The first-order chi connectivity index (χ1) is 9.59. The maximum absolute atomic E-state index is 11.8. The summed E-state index contributed by atoms with van der Waals surface area (Å²) in [4.78, 5) is 24.7. The van der Waals surface area contributed by atoms with Crippen molar-refractivity contribution in [3.63, 3.8) is 0 Å². The fourth-order valence-electron chi connectivity index (χ4n) is 2.42. The lowest BCUT2D eigenvalue weighted by Crippen LogP contribution is -2.58. The zero-order valence-electron chi connectivity index (χ0n) is 11.8. The van der Waals surface area contributed by atoms with Crippen molar-refractivity contribution < 1.29 is 14.7 Å². The zero-order valence-corrected chi connectivity index (χ0v) is 11.8. The summed E-state index contributed by atoms with van der Waals surface area (Å²) in [6.07, 6.45) is 2.43. The molecule has 1 aromatic carbocycles. The molecule has 108 valence electrons. The summed E-state index contributed by atoms with van der Waals surface area (Å²) in [5.74, 6) is -0.726. The van der Waals surface area contributed by atoms with Crippen molar-refractivity contribution in [1.82, 2.24) is 4.90 Å². The van der Waals surface area contributed by atoms with Crippen LogP contribution in [0.2, 0.25) is 0 Å². The fourth-order valence-corrected chi connectivity index (χ4v) is 2.42. The third kappa shape index (κ3) is 3.45. The molecule has 0 bridgehead atoms. The molecule has 1 aliphatic heterocycles. The molecule has 1 N–H and O–H groups in total. The van der Waals surface area contributed by atoms with Crippen LogP contribution in [0.3, 0.4) is 0 Å². The highest BCUT2D eigenvalue weighted by Crippen LogP contribution is 2.22. The molecular formula is C16H21NO3. The normalized spacial score (nSPS) is 19.6. The molecule has 1 heterocycles. The van der Waals surface area contributed by atoms with Gasteiger partial charge in [-0.3, -0.25) is 14.5 Å². The third-order valence-corrected chi connectivity index (χ3v) is 3.79. The van der Waals surface area contributed by atoms with Gasteiger partial charge in [0.25, 0.3) is 0 Å². The van der Waals surface area contributed by atoms with Crippen molar-refractivity contribution in [3.8, 4) is 0 Å². The van der Waals surface area contributed by atoms with E-state index in [1.54, 1.807) is 6.92 Å². The molecule has 20 heavy (non-hydrogen) atoms. The van der Waals surface area contributed by atoms with Gasteiger partial charge in [-0.15, -0.1) is 0 Å². The van der Waals surface area contributed by atoms with Crippen LogP contribution in [0.15, 0.2) is 30.3 Å². The number of benzene rings is 1. The molecule has 1 fully saturated rings. The van der Waals surface area contributed by atoms with E-state index >= 15 is 0 Å². The fraction of sp³-hybridized carbons (Fsp3) is 0.500. The molecule has 0 saturated carbocycles. The van der Waals surface area contributed by atoms with E-state index in [4.69, 9.17) is 0 Å². The lowest BCUT2D eigenvalue weighted by molar-refractivity contribution is -0.163. The van der Waals surface area contributed by atoms with Crippen molar-refractivity contribution in [2.75, 3.05) is 6.54 Å². The van der Waals surface area contributed by atoms with E-state index in [0.29, 0.717) is 13.0 Å². The van der Waals surface area contributed by atoms with Gasteiger partial charge in [-0.1, -0.05) is 30.3 Å². The number of carbonyl (C=O) groups excluding carboxylic acids is 2. The average Bonchev–Trinajstić information content (AvgIpc) is 2.42. The third-order valence-electron chi connectivity index (χ3n) is 3.79. The van der Waals surface area contributed by atoms with Crippen LogP contribution in [-0.4, -0.2) is 34.5 Å². The highest BCUT2D eigenvalue weighted by molar-refractivity contribution is 6.01. The largest absolute Gasteiger partial charge is 0.393 e. The van der Waals surface area contributed by atoms with Crippen LogP contribution in [0.25, 0.3) is 0 Å². The number of hydrogen-bond donors (Lipinski definition) is 1. The second-order valence-electron chi connectivity index (χ2n) is 5.38. The topological polar surface area (TPSA) is 57.6 Å². The number of imide groups is 1. The van der Waals surface area contributed by atoms with Crippen molar-refractivity contribution in [2.45, 2.75) is 38.7 Å². The minimum absolute atomic E-state index is 0.111. The molecule has 4 nitrogen and oxygen atoms in total. The Bertz CT molecular complexity index is 470. The van der Waals surface area contributed by atoms with Gasteiger partial charge in [0, 0.05) is 13.0 Å². The first-order valence-electron chi connectivity index (χ1n) is 7.16. The number of rotatable bonds is 6. The molecular weight excluding hydrogens is 254 g/mol. The number of likely N-dealkylation sites (tertiary alicyclic amines) is 1. The van der Waals surface area contributed by atoms with Crippen LogP contribution in [0, 0.1) is 5.92 Å². The van der Waals surface area contributed by atoms with Gasteiger partial charge in [-0.25, -0.2) is 0 Å². The first kappa shape index (κ1) is 14.7. The SMILES string of the molecule is C[C@@H](O)[C@@H]1CN(C(=O)CCCCc2ccccc2)C1=O. The molecule has 0 unspecified atom stereocenters. The first-order valence-corrected chi connectivity index (χ1v) is 7.16. The molecule has 1 saturated heterocycles. The summed E-state index contributed by atoms with van der Waals surface area (Å²) in [7, 11) is 0. The summed E-state index contributed by atoms with van der Waals surface area (Å²) in [6, 6.07) is 10.2. The number of aliphatic hydroxyl groups is 1. The summed E-state index contributed by atoms with van der Waals surface area (Å²) in [5, 5.41) is 9.32. The maximum atomic E-state index is 11.8. The quantitative estimate of drug-likeness (QED) is 0.636. The molecule has 1 aromatic rings. The van der Waals surface area contributed by atoms with Gasteiger partial charge in [-0.2, -0.15) is 0 Å². The number of hydrogen-bond acceptors (Lipinski definition) is 3. The van der Waals surface area contributed by atoms with Gasteiger partial charge in [0.2, 0.25) is 11.8 Å². The van der Waals surface area contributed by atoms with E-state index in [9.17, 15) is 14.7 Å². The molecule has 1 aliphatic rings. The molecule has 0 aliphatic carbocycles. The minimum atomic E-state index is -0.662. The average molecular weight is 275 g/mol. The number of unbranched alkanes of at least 4 members (excludes halogenated alkanes) is 1. The summed E-state index contributed by atoms with van der Waals surface area (Å²) in [5.41, 5.74) is 1.27. The zero-order chi connectivity index (χ0) is 14.5. The molecule has 4 heteroatoms. The molecule has 2 amide bonds. The van der Waals surface area contributed by atoms with E-state index in [1.165, 1.54) is 10.5 Å². The van der Waals surface area contributed by atoms with Gasteiger partial charge in [0.15, 0.2) is 0 Å². The van der Waals surface area contributed by atoms with Crippen molar-refractivity contribution in [3.05, 3.63) is 35.9 Å². The smallest absolute Gasteiger partial charge is 0.236 e.